The van der Waals surface area contributed by atoms with Crippen LogP contribution in [0.15, 0.2) is 52.2 Å². The lowest BCUT2D eigenvalue weighted by Crippen LogP contribution is -2.41. The number of benzene rings is 1. The minimum atomic E-state index is -1.03. The van der Waals surface area contributed by atoms with Gasteiger partial charge in [-0.1, -0.05) is 29.8 Å². The van der Waals surface area contributed by atoms with Crippen LogP contribution < -0.4 is 0 Å². The summed E-state index contributed by atoms with van der Waals surface area (Å²) in [6, 6.07) is 9.86. The largest absolute Gasteiger partial charge is 0.467 e. The summed E-state index contributed by atoms with van der Waals surface area (Å²) < 4.78 is 5.47. The third-order valence-corrected chi connectivity index (χ3v) is 4.97. The molecule has 1 aromatic heterocycles. The van der Waals surface area contributed by atoms with Gasteiger partial charge in [0.25, 0.3) is 5.91 Å². The summed E-state index contributed by atoms with van der Waals surface area (Å²) in [7, 11) is 1.20. The maximum atomic E-state index is 12.9. The molecule has 0 radical (unpaired) electrons. The van der Waals surface area contributed by atoms with Crippen molar-refractivity contribution in [3.63, 3.8) is 0 Å². The summed E-state index contributed by atoms with van der Waals surface area (Å²) in [6.07, 6.45) is 1.92. The van der Waals surface area contributed by atoms with Crippen LogP contribution >= 0.6 is 0 Å². The maximum absolute atomic E-state index is 12.9. The van der Waals surface area contributed by atoms with E-state index >= 15 is 0 Å². The molecule has 4 rings (SSSR count). The predicted molar refractivity (Wildman–Crippen MR) is 101 cm³/mol. The van der Waals surface area contributed by atoms with Gasteiger partial charge < -0.3 is 4.42 Å². The molecular weight excluding hydrogens is 376 g/mol. The fraction of sp³-hybridized carbons (Fsp3) is 0.250. The molecule has 9 nitrogen and oxygen atoms in total. The summed E-state index contributed by atoms with van der Waals surface area (Å²) >= 11 is 0. The van der Waals surface area contributed by atoms with Gasteiger partial charge in [0.1, 0.15) is 18.3 Å². The van der Waals surface area contributed by atoms with Gasteiger partial charge in [-0.05, 0) is 24.6 Å². The number of carbonyl (C=O) groups excluding carboxylic acids is 4. The molecule has 0 spiro atoms. The molecule has 1 atom stereocenters. The Morgan fingerprint density at radius 3 is 2.45 bits per heavy atom. The van der Waals surface area contributed by atoms with Crippen LogP contribution in [0.25, 0.3) is 0 Å². The molecule has 0 aliphatic carbocycles. The highest BCUT2D eigenvalue weighted by Crippen LogP contribution is 2.33. The number of imide groups is 2. The van der Waals surface area contributed by atoms with Crippen molar-refractivity contribution in [3.05, 3.63) is 59.5 Å². The number of rotatable bonds is 4. The van der Waals surface area contributed by atoms with E-state index in [0.29, 0.717) is 27.7 Å². The Labute approximate surface area is 166 Å². The molecule has 148 valence electrons. The van der Waals surface area contributed by atoms with Crippen molar-refractivity contribution in [1.29, 1.82) is 0 Å². The number of likely N-dealkylation sites (N-methyl/N-ethyl adjacent to an activating group) is 1. The molecule has 0 saturated carbocycles. The Kier molecular flexibility index (Phi) is 4.50. The quantitative estimate of drug-likeness (QED) is 0.580. The molecule has 1 fully saturated rings. The van der Waals surface area contributed by atoms with Crippen LogP contribution in [0.3, 0.4) is 0 Å². The summed E-state index contributed by atoms with van der Waals surface area (Å²) in [6.45, 7) is 1.40. The topological polar surface area (TPSA) is 104 Å². The van der Waals surface area contributed by atoms with Crippen molar-refractivity contribution < 1.29 is 23.6 Å². The van der Waals surface area contributed by atoms with Crippen LogP contribution in [0.4, 0.5) is 4.79 Å². The summed E-state index contributed by atoms with van der Waals surface area (Å²) in [4.78, 5) is 50.0. The van der Waals surface area contributed by atoms with E-state index < -0.39 is 36.3 Å². The van der Waals surface area contributed by atoms with Crippen molar-refractivity contribution >= 4 is 29.5 Å². The molecule has 1 aromatic carbocycles. The lowest BCUT2D eigenvalue weighted by molar-refractivity contribution is -0.145. The number of amides is 5. The van der Waals surface area contributed by atoms with Crippen LogP contribution in [-0.4, -0.2) is 57.9 Å². The molecule has 1 saturated heterocycles. The van der Waals surface area contributed by atoms with Gasteiger partial charge in [0.15, 0.2) is 0 Å². The monoisotopic (exact) mass is 394 g/mol. The van der Waals surface area contributed by atoms with E-state index in [1.807, 2.05) is 31.2 Å². The number of furan rings is 1. The van der Waals surface area contributed by atoms with Crippen molar-refractivity contribution in [2.45, 2.75) is 19.4 Å². The number of urea groups is 1. The predicted octanol–water partition coefficient (Wildman–Crippen LogP) is 1.69. The molecule has 2 aromatic rings. The summed E-state index contributed by atoms with van der Waals surface area (Å²) in [5.74, 6) is -2.03. The highest BCUT2D eigenvalue weighted by molar-refractivity contribution is 6.44. The highest BCUT2D eigenvalue weighted by Gasteiger charge is 2.45. The smallest absolute Gasteiger partial charge is 0.334 e. The second-order valence-electron chi connectivity index (χ2n) is 6.92. The van der Waals surface area contributed by atoms with Crippen molar-refractivity contribution in [2.24, 2.45) is 5.10 Å². The average molecular weight is 394 g/mol. The zero-order valence-electron chi connectivity index (χ0n) is 15.9. The highest BCUT2D eigenvalue weighted by atomic mass is 16.3. The van der Waals surface area contributed by atoms with Gasteiger partial charge in [0.2, 0.25) is 0 Å². The molecule has 0 unspecified atom stereocenters. The summed E-state index contributed by atoms with van der Waals surface area (Å²) in [5.41, 5.74) is 2.65. The fourth-order valence-corrected chi connectivity index (χ4v) is 3.32. The van der Waals surface area contributed by atoms with E-state index in [4.69, 9.17) is 4.42 Å². The zero-order valence-corrected chi connectivity index (χ0v) is 15.9. The lowest BCUT2D eigenvalue weighted by atomic mass is 10.0. The first-order valence-electron chi connectivity index (χ1n) is 9.00. The van der Waals surface area contributed by atoms with E-state index in [1.54, 1.807) is 12.1 Å². The van der Waals surface area contributed by atoms with Crippen LogP contribution in [-0.2, 0) is 14.4 Å². The van der Waals surface area contributed by atoms with Gasteiger partial charge in [-0.15, -0.1) is 0 Å². The molecule has 29 heavy (non-hydrogen) atoms. The Hall–Kier alpha value is -3.75. The maximum Gasteiger partial charge on any atom is 0.334 e. The minimum Gasteiger partial charge on any atom is -0.467 e. The van der Waals surface area contributed by atoms with Crippen molar-refractivity contribution in [1.82, 2.24) is 14.8 Å². The van der Waals surface area contributed by atoms with E-state index in [1.165, 1.54) is 18.3 Å². The number of carbonyl (C=O) groups is 4. The SMILES string of the molecule is Cc1ccc(C2=NN(C(=O)CN3C(=O)C(=O)N(C)C3=O)[C@@H](c3ccco3)C2)cc1. The van der Waals surface area contributed by atoms with E-state index in [2.05, 4.69) is 5.10 Å². The third kappa shape index (κ3) is 3.20. The molecular formula is C20H18N4O5. The standard InChI is InChI=1S/C20H18N4O5/c1-12-5-7-13(8-6-12)14-10-15(16-4-3-9-29-16)24(21-14)17(25)11-23-19(27)18(26)22(2)20(23)28/h3-9,15H,10-11H2,1-2H3/t15-/m1/s1. The molecule has 2 aliphatic heterocycles. The molecule has 0 N–H and O–H groups in total. The number of hydrazone groups is 1. The summed E-state index contributed by atoms with van der Waals surface area (Å²) in [5, 5.41) is 5.67. The van der Waals surface area contributed by atoms with E-state index in [9.17, 15) is 19.2 Å². The first-order chi connectivity index (χ1) is 13.9. The van der Waals surface area contributed by atoms with Gasteiger partial charge in [-0.25, -0.2) is 14.7 Å². The first-order valence-corrected chi connectivity index (χ1v) is 9.00. The van der Waals surface area contributed by atoms with Gasteiger partial charge in [-0.3, -0.25) is 19.3 Å². The van der Waals surface area contributed by atoms with Crippen LogP contribution in [0, 0.1) is 6.92 Å². The fourth-order valence-electron chi connectivity index (χ4n) is 3.32. The first kappa shape index (κ1) is 18.6. The lowest BCUT2D eigenvalue weighted by Gasteiger charge is -2.21. The average Bonchev–Trinajstić information content (AvgIpc) is 3.42. The normalized spacial score (nSPS) is 19.4. The van der Waals surface area contributed by atoms with E-state index in [0.717, 1.165) is 11.1 Å². The Bertz CT molecular complexity index is 1030. The van der Waals surface area contributed by atoms with Gasteiger partial charge >= 0.3 is 17.8 Å². The number of hydrogen-bond donors (Lipinski definition) is 0. The minimum absolute atomic E-state index is 0.420. The number of nitrogens with zero attached hydrogens (tertiary/aromatic N) is 4. The third-order valence-electron chi connectivity index (χ3n) is 4.97. The van der Waals surface area contributed by atoms with Crippen LogP contribution in [0.2, 0.25) is 0 Å². The molecule has 3 heterocycles. The Balaban J connectivity index is 1.62. The van der Waals surface area contributed by atoms with Crippen molar-refractivity contribution in [3.8, 4) is 0 Å². The van der Waals surface area contributed by atoms with Crippen LogP contribution in [0.5, 0.6) is 0 Å². The molecule has 9 heteroatoms. The molecule has 2 aliphatic rings. The van der Waals surface area contributed by atoms with Crippen LogP contribution in [0.1, 0.15) is 29.3 Å². The van der Waals surface area contributed by atoms with E-state index in [-0.39, 0.29) is 0 Å². The second kappa shape index (κ2) is 7.01. The number of aryl methyl sites for hydroxylation is 1. The zero-order chi connectivity index (χ0) is 20.7. The second-order valence-corrected chi connectivity index (χ2v) is 6.92. The Morgan fingerprint density at radius 1 is 1.14 bits per heavy atom. The van der Waals surface area contributed by atoms with Gasteiger partial charge in [-0.2, -0.15) is 5.10 Å². The molecule has 5 amide bonds. The van der Waals surface area contributed by atoms with Gasteiger partial charge in [0, 0.05) is 13.5 Å². The van der Waals surface area contributed by atoms with Gasteiger partial charge in [0.05, 0.1) is 12.0 Å². The Morgan fingerprint density at radius 2 is 1.86 bits per heavy atom. The molecule has 0 bridgehead atoms. The van der Waals surface area contributed by atoms with Crippen molar-refractivity contribution in [2.75, 3.05) is 13.6 Å². The number of hydrogen-bond acceptors (Lipinski definition) is 6.